The van der Waals surface area contributed by atoms with E-state index in [1.54, 1.807) is 28.9 Å². The molecule has 3 N–H and O–H groups in total. The fourth-order valence-corrected chi connectivity index (χ4v) is 3.63. The molecule has 0 bridgehead atoms. The number of nitrogens with zero attached hydrogens (tertiary/aromatic N) is 4. The summed E-state index contributed by atoms with van der Waals surface area (Å²) in [6.45, 7) is 5.63. The van der Waals surface area contributed by atoms with Crippen LogP contribution < -0.4 is 0 Å². The molecule has 1 heterocycles. The van der Waals surface area contributed by atoms with Gasteiger partial charge >= 0.3 is 17.9 Å². The van der Waals surface area contributed by atoms with Gasteiger partial charge in [-0.15, -0.1) is 0 Å². The molecule has 2 atom stereocenters. The SMILES string of the molecule is COC(C)C(CN1CCN(CC(=O)O)CCN(CC(=O)O)CCN(CC(=O)O)CC1)OC. The topological polar surface area (TPSA) is 143 Å². The maximum absolute atomic E-state index is 11.3. The first kappa shape index (κ1) is 28.2. The Hall–Kier alpha value is -1.83. The van der Waals surface area contributed by atoms with Gasteiger partial charge in [0.1, 0.15) is 0 Å². The van der Waals surface area contributed by atoms with Gasteiger partial charge in [0.05, 0.1) is 31.8 Å². The first-order valence-corrected chi connectivity index (χ1v) is 10.7. The highest BCUT2D eigenvalue weighted by Crippen LogP contribution is 2.07. The molecule has 1 saturated heterocycles. The normalized spacial score (nSPS) is 20.7. The van der Waals surface area contributed by atoms with Crippen LogP contribution in [0.2, 0.25) is 0 Å². The lowest BCUT2D eigenvalue weighted by Crippen LogP contribution is -2.50. The second-order valence-corrected chi connectivity index (χ2v) is 8.03. The second kappa shape index (κ2) is 15.1. The maximum atomic E-state index is 11.3. The molecule has 0 aromatic rings. The first-order valence-electron chi connectivity index (χ1n) is 10.7. The Morgan fingerprint density at radius 3 is 1.22 bits per heavy atom. The van der Waals surface area contributed by atoms with E-state index in [-0.39, 0.29) is 31.8 Å². The van der Waals surface area contributed by atoms with E-state index in [0.29, 0.717) is 58.9 Å². The Balaban J connectivity index is 2.99. The van der Waals surface area contributed by atoms with Gasteiger partial charge < -0.3 is 24.8 Å². The lowest BCUT2D eigenvalue weighted by Gasteiger charge is -2.35. The van der Waals surface area contributed by atoms with Crippen molar-refractivity contribution in [3.05, 3.63) is 0 Å². The molecule has 1 fully saturated rings. The lowest BCUT2D eigenvalue weighted by molar-refractivity contribution is -0.140. The van der Waals surface area contributed by atoms with E-state index in [1.807, 2.05) is 6.92 Å². The van der Waals surface area contributed by atoms with Gasteiger partial charge in [0, 0.05) is 73.1 Å². The van der Waals surface area contributed by atoms with E-state index >= 15 is 0 Å². The molecule has 0 saturated carbocycles. The third-order valence-electron chi connectivity index (χ3n) is 5.64. The molecule has 12 heteroatoms. The average molecular weight is 463 g/mol. The molecule has 0 aromatic carbocycles. The zero-order chi connectivity index (χ0) is 24.1. The highest BCUT2D eigenvalue weighted by molar-refractivity contribution is 5.69. The third-order valence-corrected chi connectivity index (χ3v) is 5.64. The van der Waals surface area contributed by atoms with E-state index < -0.39 is 17.9 Å². The van der Waals surface area contributed by atoms with Crippen LogP contribution in [0.3, 0.4) is 0 Å². The number of carboxylic acids is 3. The Labute approximate surface area is 189 Å². The van der Waals surface area contributed by atoms with E-state index in [9.17, 15) is 29.7 Å². The molecular formula is C20H38N4O8. The van der Waals surface area contributed by atoms with Gasteiger partial charge in [-0.1, -0.05) is 0 Å². The largest absolute Gasteiger partial charge is 0.480 e. The zero-order valence-electron chi connectivity index (χ0n) is 19.3. The fraction of sp³-hybridized carbons (Fsp3) is 0.850. The van der Waals surface area contributed by atoms with Gasteiger partial charge in [0.25, 0.3) is 0 Å². The van der Waals surface area contributed by atoms with E-state index in [1.165, 1.54) is 0 Å². The number of hydrogen-bond acceptors (Lipinski definition) is 9. The summed E-state index contributed by atoms with van der Waals surface area (Å²) >= 11 is 0. The summed E-state index contributed by atoms with van der Waals surface area (Å²) in [7, 11) is 3.22. The van der Waals surface area contributed by atoms with Crippen LogP contribution in [0.15, 0.2) is 0 Å². The summed E-state index contributed by atoms with van der Waals surface area (Å²) in [5, 5.41) is 27.8. The fourth-order valence-electron chi connectivity index (χ4n) is 3.63. The van der Waals surface area contributed by atoms with Gasteiger partial charge in [-0.2, -0.15) is 0 Å². The number of rotatable bonds is 11. The van der Waals surface area contributed by atoms with Gasteiger partial charge in [-0.25, -0.2) is 0 Å². The second-order valence-electron chi connectivity index (χ2n) is 8.03. The third kappa shape index (κ3) is 11.7. The quantitative estimate of drug-likeness (QED) is 0.329. The number of carboxylic acid groups (broad SMARTS) is 3. The van der Waals surface area contributed by atoms with Crippen molar-refractivity contribution in [3.63, 3.8) is 0 Å². The molecule has 2 unspecified atom stereocenters. The number of ether oxygens (including phenoxy) is 2. The smallest absolute Gasteiger partial charge is 0.317 e. The molecular weight excluding hydrogens is 424 g/mol. The van der Waals surface area contributed by atoms with Crippen LogP contribution in [0, 0.1) is 0 Å². The Morgan fingerprint density at radius 2 is 0.969 bits per heavy atom. The minimum absolute atomic E-state index is 0.137. The molecule has 1 aliphatic rings. The maximum Gasteiger partial charge on any atom is 0.317 e. The molecule has 186 valence electrons. The number of aliphatic carboxylic acids is 3. The molecule has 1 rings (SSSR count). The number of hydrogen-bond donors (Lipinski definition) is 3. The van der Waals surface area contributed by atoms with E-state index in [0.717, 1.165) is 0 Å². The average Bonchev–Trinajstić information content (AvgIpc) is 2.71. The highest BCUT2D eigenvalue weighted by atomic mass is 16.5. The van der Waals surface area contributed by atoms with Crippen LogP contribution >= 0.6 is 0 Å². The van der Waals surface area contributed by atoms with Crippen molar-refractivity contribution in [2.24, 2.45) is 0 Å². The van der Waals surface area contributed by atoms with Crippen LogP contribution in [0.5, 0.6) is 0 Å². The van der Waals surface area contributed by atoms with Crippen molar-refractivity contribution in [2.45, 2.75) is 19.1 Å². The van der Waals surface area contributed by atoms with E-state index in [4.69, 9.17) is 9.47 Å². The molecule has 0 aliphatic carbocycles. The van der Waals surface area contributed by atoms with E-state index in [2.05, 4.69) is 4.90 Å². The van der Waals surface area contributed by atoms with Crippen molar-refractivity contribution in [3.8, 4) is 0 Å². The minimum atomic E-state index is -0.976. The Bertz CT molecular complexity index is 562. The van der Waals surface area contributed by atoms with Crippen LogP contribution in [0.25, 0.3) is 0 Å². The lowest BCUT2D eigenvalue weighted by atomic mass is 10.2. The highest BCUT2D eigenvalue weighted by Gasteiger charge is 2.23. The summed E-state index contributed by atoms with van der Waals surface area (Å²) in [5.41, 5.74) is 0. The van der Waals surface area contributed by atoms with Crippen LogP contribution in [0.4, 0.5) is 0 Å². The van der Waals surface area contributed by atoms with Crippen molar-refractivity contribution in [2.75, 3.05) is 92.8 Å². The van der Waals surface area contributed by atoms with Crippen molar-refractivity contribution in [1.29, 1.82) is 0 Å². The summed E-state index contributed by atoms with van der Waals surface area (Å²) in [4.78, 5) is 41.3. The van der Waals surface area contributed by atoms with Crippen molar-refractivity contribution < 1.29 is 39.2 Å². The van der Waals surface area contributed by atoms with Crippen LogP contribution in [-0.4, -0.2) is 158 Å². The number of carbonyl (C=O) groups is 3. The summed E-state index contributed by atoms with van der Waals surface area (Å²) < 4.78 is 11.0. The van der Waals surface area contributed by atoms with Crippen LogP contribution in [0.1, 0.15) is 6.92 Å². The molecule has 0 aromatic heterocycles. The predicted molar refractivity (Wildman–Crippen MR) is 116 cm³/mol. The van der Waals surface area contributed by atoms with Gasteiger partial charge in [0.15, 0.2) is 0 Å². The van der Waals surface area contributed by atoms with Crippen molar-refractivity contribution >= 4 is 17.9 Å². The summed E-state index contributed by atoms with van der Waals surface area (Å²) in [6.07, 6.45) is -0.337. The van der Waals surface area contributed by atoms with Crippen molar-refractivity contribution in [1.82, 2.24) is 19.6 Å². The summed E-state index contributed by atoms with van der Waals surface area (Å²) in [5.74, 6) is -2.86. The monoisotopic (exact) mass is 462 g/mol. The first-order chi connectivity index (χ1) is 15.1. The zero-order valence-corrected chi connectivity index (χ0v) is 19.3. The van der Waals surface area contributed by atoms with Gasteiger partial charge in [-0.05, 0) is 6.92 Å². The number of methoxy groups -OCH3 is 2. The van der Waals surface area contributed by atoms with Gasteiger partial charge in [0.2, 0.25) is 0 Å². The summed E-state index contributed by atoms with van der Waals surface area (Å²) in [6, 6.07) is 0. The molecule has 0 amide bonds. The molecule has 0 spiro atoms. The van der Waals surface area contributed by atoms with Gasteiger partial charge in [-0.3, -0.25) is 34.0 Å². The van der Waals surface area contributed by atoms with Crippen LogP contribution in [-0.2, 0) is 23.9 Å². The Kier molecular flexibility index (Phi) is 13.3. The minimum Gasteiger partial charge on any atom is -0.480 e. The molecule has 1 aliphatic heterocycles. The molecule has 0 radical (unpaired) electrons. The molecule has 32 heavy (non-hydrogen) atoms. The molecule has 12 nitrogen and oxygen atoms in total. The Morgan fingerprint density at radius 1 is 0.656 bits per heavy atom. The predicted octanol–water partition coefficient (Wildman–Crippen LogP) is -1.49. The standard InChI is InChI=1S/C20H38N4O8/c1-16(31-2)17(32-3)12-21-4-6-22(13-18(25)26)8-10-24(15-20(29)30)11-9-23(7-5-21)14-19(27)28/h16-17H,4-15H2,1-3H3,(H,25,26)(H,27,28)(H,29,30).